The number of ether oxygens (including phenoxy) is 1. The number of para-hydroxylation sites is 1. The topological polar surface area (TPSA) is 77.2 Å². The summed E-state index contributed by atoms with van der Waals surface area (Å²) in [7, 11) is 0. The van der Waals surface area contributed by atoms with Gasteiger partial charge in [0.25, 0.3) is 11.8 Å². The predicted molar refractivity (Wildman–Crippen MR) is 89.6 cm³/mol. The number of hydrogen-bond donors (Lipinski definition) is 1. The third kappa shape index (κ3) is 4.20. The summed E-state index contributed by atoms with van der Waals surface area (Å²) >= 11 is 0. The molecule has 0 bridgehead atoms. The van der Waals surface area contributed by atoms with Crippen LogP contribution in [0, 0.1) is 5.82 Å². The number of nitrogens with zero attached hydrogens (tertiary/aromatic N) is 2. The SMILES string of the molecule is CCc1noc(-c2ccc(OCC(=O)Nc3ccccc3F)cc2)n1. The maximum atomic E-state index is 13.5. The van der Waals surface area contributed by atoms with Crippen molar-refractivity contribution in [2.24, 2.45) is 0 Å². The zero-order chi connectivity index (χ0) is 17.6. The van der Waals surface area contributed by atoms with E-state index in [0.717, 1.165) is 5.56 Å². The number of carbonyl (C=O) groups is 1. The van der Waals surface area contributed by atoms with Gasteiger partial charge in [0.1, 0.15) is 11.6 Å². The molecule has 7 heteroatoms. The second kappa shape index (κ2) is 7.57. The van der Waals surface area contributed by atoms with Crippen LogP contribution in [0.1, 0.15) is 12.7 Å². The minimum atomic E-state index is -0.494. The molecule has 1 N–H and O–H groups in total. The first-order valence-corrected chi connectivity index (χ1v) is 7.76. The number of rotatable bonds is 6. The fourth-order valence-electron chi connectivity index (χ4n) is 2.11. The first-order chi connectivity index (χ1) is 12.2. The Morgan fingerprint density at radius 3 is 2.64 bits per heavy atom. The van der Waals surface area contributed by atoms with Crippen molar-refractivity contribution in [1.82, 2.24) is 10.1 Å². The Kier molecular flexibility index (Phi) is 5.03. The van der Waals surface area contributed by atoms with Gasteiger partial charge in [0, 0.05) is 12.0 Å². The van der Waals surface area contributed by atoms with Gasteiger partial charge < -0.3 is 14.6 Å². The van der Waals surface area contributed by atoms with E-state index in [1.165, 1.54) is 12.1 Å². The van der Waals surface area contributed by atoms with Crippen molar-refractivity contribution in [3.8, 4) is 17.2 Å². The summed E-state index contributed by atoms with van der Waals surface area (Å²) in [6, 6.07) is 12.9. The summed E-state index contributed by atoms with van der Waals surface area (Å²) in [5.41, 5.74) is 0.880. The number of anilines is 1. The van der Waals surface area contributed by atoms with Gasteiger partial charge in [-0.25, -0.2) is 4.39 Å². The number of carbonyl (C=O) groups excluding carboxylic acids is 1. The van der Waals surface area contributed by atoms with Crippen molar-refractivity contribution in [1.29, 1.82) is 0 Å². The van der Waals surface area contributed by atoms with Crippen molar-refractivity contribution in [3.05, 3.63) is 60.2 Å². The predicted octanol–water partition coefficient (Wildman–Crippen LogP) is 3.46. The highest BCUT2D eigenvalue weighted by Gasteiger charge is 2.09. The molecule has 0 aliphatic rings. The third-order valence-corrected chi connectivity index (χ3v) is 3.40. The molecular weight excluding hydrogens is 325 g/mol. The molecule has 0 aliphatic heterocycles. The Balaban J connectivity index is 1.56. The summed E-state index contributed by atoms with van der Waals surface area (Å²) in [4.78, 5) is 16.1. The van der Waals surface area contributed by atoms with Crippen LogP contribution in [-0.2, 0) is 11.2 Å². The van der Waals surface area contributed by atoms with E-state index in [1.807, 2.05) is 6.92 Å². The lowest BCUT2D eigenvalue weighted by Gasteiger charge is -2.08. The zero-order valence-electron chi connectivity index (χ0n) is 13.5. The highest BCUT2D eigenvalue weighted by atomic mass is 19.1. The van der Waals surface area contributed by atoms with Crippen molar-refractivity contribution < 1.29 is 18.4 Å². The minimum Gasteiger partial charge on any atom is -0.484 e. The summed E-state index contributed by atoms with van der Waals surface area (Å²) in [6.45, 7) is 1.71. The second-order valence-electron chi connectivity index (χ2n) is 5.21. The number of aryl methyl sites for hydroxylation is 1. The molecule has 0 unspecified atom stereocenters. The molecule has 1 heterocycles. The molecule has 0 aliphatic carbocycles. The number of nitrogens with one attached hydrogen (secondary N) is 1. The molecule has 1 aromatic heterocycles. The molecule has 3 aromatic rings. The van der Waals surface area contributed by atoms with Crippen LogP contribution in [0.15, 0.2) is 53.1 Å². The van der Waals surface area contributed by atoms with Crippen LogP contribution in [0.5, 0.6) is 5.75 Å². The van der Waals surface area contributed by atoms with Crippen molar-refractivity contribution in [2.75, 3.05) is 11.9 Å². The molecule has 0 saturated heterocycles. The summed E-state index contributed by atoms with van der Waals surface area (Å²) in [6.07, 6.45) is 0.696. The Morgan fingerprint density at radius 1 is 1.20 bits per heavy atom. The summed E-state index contributed by atoms with van der Waals surface area (Å²) < 4.78 is 24.0. The van der Waals surface area contributed by atoms with Gasteiger partial charge in [0.15, 0.2) is 12.4 Å². The van der Waals surface area contributed by atoms with Crippen LogP contribution < -0.4 is 10.1 Å². The molecule has 25 heavy (non-hydrogen) atoms. The Bertz CT molecular complexity index is 862. The second-order valence-corrected chi connectivity index (χ2v) is 5.21. The average Bonchev–Trinajstić information content (AvgIpc) is 3.12. The van der Waals surface area contributed by atoms with E-state index in [4.69, 9.17) is 9.26 Å². The number of hydrogen-bond acceptors (Lipinski definition) is 5. The third-order valence-electron chi connectivity index (χ3n) is 3.40. The summed E-state index contributed by atoms with van der Waals surface area (Å²) in [5, 5.41) is 6.29. The lowest BCUT2D eigenvalue weighted by molar-refractivity contribution is -0.118. The number of aromatic nitrogens is 2. The Labute approximate surface area is 143 Å². The zero-order valence-corrected chi connectivity index (χ0v) is 13.5. The number of benzene rings is 2. The molecule has 6 nitrogen and oxygen atoms in total. The van der Waals surface area contributed by atoms with Gasteiger partial charge in [0.05, 0.1) is 5.69 Å². The molecule has 0 radical (unpaired) electrons. The summed E-state index contributed by atoms with van der Waals surface area (Å²) in [5.74, 6) is 0.633. The first kappa shape index (κ1) is 16.6. The van der Waals surface area contributed by atoms with E-state index in [2.05, 4.69) is 15.5 Å². The minimum absolute atomic E-state index is 0.120. The van der Waals surface area contributed by atoms with E-state index in [1.54, 1.807) is 36.4 Å². The molecule has 1 amide bonds. The lowest BCUT2D eigenvalue weighted by atomic mass is 10.2. The number of halogens is 1. The quantitative estimate of drug-likeness (QED) is 0.743. The van der Waals surface area contributed by atoms with Crippen LogP contribution >= 0.6 is 0 Å². The first-order valence-electron chi connectivity index (χ1n) is 7.76. The van der Waals surface area contributed by atoms with Gasteiger partial charge in [-0.3, -0.25) is 4.79 Å². The van der Waals surface area contributed by atoms with E-state index >= 15 is 0 Å². The molecule has 0 spiro atoms. The smallest absolute Gasteiger partial charge is 0.262 e. The van der Waals surface area contributed by atoms with Gasteiger partial charge >= 0.3 is 0 Å². The van der Waals surface area contributed by atoms with E-state index in [9.17, 15) is 9.18 Å². The largest absolute Gasteiger partial charge is 0.484 e. The van der Waals surface area contributed by atoms with Crippen LogP contribution in [0.25, 0.3) is 11.5 Å². The highest BCUT2D eigenvalue weighted by molar-refractivity contribution is 5.91. The van der Waals surface area contributed by atoms with Crippen molar-refractivity contribution in [3.63, 3.8) is 0 Å². The van der Waals surface area contributed by atoms with Crippen LogP contribution in [0.3, 0.4) is 0 Å². The van der Waals surface area contributed by atoms with Crippen molar-refractivity contribution >= 4 is 11.6 Å². The molecule has 0 saturated carbocycles. The Morgan fingerprint density at radius 2 is 1.96 bits per heavy atom. The molecule has 0 fully saturated rings. The van der Waals surface area contributed by atoms with Gasteiger partial charge in [0.2, 0.25) is 0 Å². The van der Waals surface area contributed by atoms with Gasteiger partial charge in [-0.15, -0.1) is 0 Å². The standard InChI is InChI=1S/C18H16FN3O3/c1-2-16-21-18(25-22-16)12-7-9-13(10-8-12)24-11-17(23)20-15-6-4-3-5-14(15)19/h3-10H,2,11H2,1H3,(H,20,23). The lowest BCUT2D eigenvalue weighted by Crippen LogP contribution is -2.20. The molecule has 0 atom stereocenters. The maximum absolute atomic E-state index is 13.5. The van der Waals surface area contributed by atoms with Crippen LogP contribution in [-0.4, -0.2) is 22.7 Å². The normalized spacial score (nSPS) is 10.5. The number of amides is 1. The van der Waals surface area contributed by atoms with E-state index < -0.39 is 11.7 Å². The molecule has 3 rings (SSSR count). The molecule has 128 valence electrons. The monoisotopic (exact) mass is 341 g/mol. The fourth-order valence-corrected chi connectivity index (χ4v) is 2.11. The van der Waals surface area contributed by atoms with Gasteiger partial charge in [-0.05, 0) is 36.4 Å². The van der Waals surface area contributed by atoms with Crippen molar-refractivity contribution in [2.45, 2.75) is 13.3 Å². The van der Waals surface area contributed by atoms with Gasteiger partial charge in [-0.2, -0.15) is 4.98 Å². The highest BCUT2D eigenvalue weighted by Crippen LogP contribution is 2.21. The van der Waals surface area contributed by atoms with Gasteiger partial charge in [-0.1, -0.05) is 24.2 Å². The van der Waals surface area contributed by atoms with Crippen LogP contribution in [0.2, 0.25) is 0 Å². The molecular formula is C18H16FN3O3. The van der Waals surface area contributed by atoms with E-state index in [0.29, 0.717) is 23.9 Å². The maximum Gasteiger partial charge on any atom is 0.262 e. The Hall–Kier alpha value is -3.22. The van der Waals surface area contributed by atoms with E-state index in [-0.39, 0.29) is 12.3 Å². The molecule has 2 aromatic carbocycles. The fraction of sp³-hybridized carbons (Fsp3) is 0.167. The van der Waals surface area contributed by atoms with Crippen LogP contribution in [0.4, 0.5) is 10.1 Å². The average molecular weight is 341 g/mol.